The van der Waals surface area contributed by atoms with Gasteiger partial charge in [-0.3, -0.25) is 28.8 Å². The maximum Gasteiger partial charge on any atom is 0.303 e. The van der Waals surface area contributed by atoms with E-state index in [1.807, 2.05) is 36.4 Å². The van der Waals surface area contributed by atoms with Gasteiger partial charge in [0.25, 0.3) is 0 Å². The van der Waals surface area contributed by atoms with Gasteiger partial charge in [-0.25, -0.2) is 0 Å². The summed E-state index contributed by atoms with van der Waals surface area (Å²) < 4.78 is 0. The summed E-state index contributed by atoms with van der Waals surface area (Å²) in [7, 11) is 0. The Morgan fingerprint density at radius 3 is 2.33 bits per heavy atom. The summed E-state index contributed by atoms with van der Waals surface area (Å²) in [6.07, 6.45) is 0.853. The summed E-state index contributed by atoms with van der Waals surface area (Å²) in [4.78, 5) is 76.6. The number of carboxylic acid groups (broad SMARTS) is 1. The number of carbonyl (C=O) groups excluding carboxylic acids is 5. The number of fused-ring (bicyclic) bond motifs is 1. The first-order valence-electron chi connectivity index (χ1n) is 13.9. The third-order valence-corrected chi connectivity index (χ3v) is 7.46. The van der Waals surface area contributed by atoms with Crippen LogP contribution in [0.4, 0.5) is 0 Å². The molecule has 1 saturated heterocycles. The van der Waals surface area contributed by atoms with Crippen LogP contribution in [0.1, 0.15) is 37.7 Å². The van der Waals surface area contributed by atoms with E-state index in [-0.39, 0.29) is 25.8 Å². The summed E-state index contributed by atoms with van der Waals surface area (Å²) >= 11 is 5.58. The minimum absolute atomic E-state index is 0.0208. The molecule has 4 unspecified atom stereocenters. The summed E-state index contributed by atoms with van der Waals surface area (Å²) in [5, 5.41) is 28.0. The zero-order valence-electron chi connectivity index (χ0n) is 23.5. The third-order valence-electron chi connectivity index (χ3n) is 7.22. The molecule has 13 nitrogen and oxygen atoms in total. The van der Waals surface area contributed by atoms with E-state index in [2.05, 4.69) is 16.0 Å². The second kappa shape index (κ2) is 15.8. The van der Waals surface area contributed by atoms with E-state index in [1.54, 1.807) is 6.07 Å². The van der Waals surface area contributed by atoms with Gasteiger partial charge in [0.15, 0.2) is 0 Å². The largest absolute Gasteiger partial charge is 0.481 e. The fourth-order valence-corrected chi connectivity index (χ4v) is 5.06. The van der Waals surface area contributed by atoms with Gasteiger partial charge in [0.05, 0.1) is 6.61 Å². The predicted octanol–water partition coefficient (Wildman–Crippen LogP) is -0.201. The van der Waals surface area contributed by atoms with Crippen LogP contribution in [0.2, 0.25) is 0 Å². The van der Waals surface area contributed by atoms with Crippen molar-refractivity contribution in [1.29, 1.82) is 0 Å². The SMILES string of the molecule is NC(=O)C(CO)NC(=O)C(Cc1ccc2ccccc2c1)NC(=O)C1CCCCN1C(=O)C(CCC(=O)O)NC(=O)CCl. The molecular weight excluding hydrogens is 582 g/mol. The number of carboxylic acids is 1. The van der Waals surface area contributed by atoms with Crippen molar-refractivity contribution in [3.05, 3.63) is 48.0 Å². The normalized spacial score (nSPS) is 16.9. The predicted molar refractivity (Wildman–Crippen MR) is 157 cm³/mol. The molecule has 7 N–H and O–H groups in total. The Morgan fingerprint density at radius 1 is 0.953 bits per heavy atom. The first-order chi connectivity index (χ1) is 20.5. The zero-order chi connectivity index (χ0) is 31.5. The molecule has 232 valence electrons. The van der Waals surface area contributed by atoms with Crippen molar-refractivity contribution in [2.45, 2.75) is 62.7 Å². The second-order valence-corrected chi connectivity index (χ2v) is 10.6. The van der Waals surface area contributed by atoms with E-state index in [9.17, 15) is 33.9 Å². The van der Waals surface area contributed by atoms with Crippen LogP contribution in [-0.4, -0.2) is 93.8 Å². The van der Waals surface area contributed by atoms with Crippen molar-refractivity contribution in [2.24, 2.45) is 5.73 Å². The number of benzene rings is 2. The number of aliphatic hydroxyl groups is 1. The highest BCUT2D eigenvalue weighted by Gasteiger charge is 2.38. The van der Waals surface area contributed by atoms with Gasteiger partial charge in [0.2, 0.25) is 29.5 Å². The lowest BCUT2D eigenvalue weighted by molar-refractivity contribution is -0.146. The topological polar surface area (TPSA) is 208 Å². The average molecular weight is 618 g/mol. The molecule has 0 spiro atoms. The van der Waals surface area contributed by atoms with E-state index in [4.69, 9.17) is 22.4 Å². The highest BCUT2D eigenvalue weighted by molar-refractivity contribution is 6.27. The lowest BCUT2D eigenvalue weighted by Crippen LogP contribution is -2.61. The summed E-state index contributed by atoms with van der Waals surface area (Å²) in [5.74, 6) is -5.26. The molecular formula is C29H36ClN5O8. The van der Waals surface area contributed by atoms with Crippen LogP contribution < -0.4 is 21.7 Å². The van der Waals surface area contributed by atoms with Crippen molar-refractivity contribution in [1.82, 2.24) is 20.9 Å². The van der Waals surface area contributed by atoms with Gasteiger partial charge in [-0.05, 0) is 42.0 Å². The van der Waals surface area contributed by atoms with Crippen LogP contribution in [0.15, 0.2) is 42.5 Å². The Morgan fingerprint density at radius 2 is 1.67 bits per heavy atom. The van der Waals surface area contributed by atoms with Gasteiger partial charge in [0, 0.05) is 19.4 Å². The van der Waals surface area contributed by atoms with Crippen LogP contribution in [0, 0.1) is 0 Å². The number of halogens is 1. The molecule has 1 heterocycles. The number of hydrogen-bond acceptors (Lipinski definition) is 7. The molecule has 1 aliphatic heterocycles. The smallest absolute Gasteiger partial charge is 0.303 e. The van der Waals surface area contributed by atoms with Crippen LogP contribution in [0.3, 0.4) is 0 Å². The first-order valence-corrected chi connectivity index (χ1v) is 14.4. The van der Waals surface area contributed by atoms with Crippen LogP contribution >= 0.6 is 11.6 Å². The van der Waals surface area contributed by atoms with E-state index >= 15 is 0 Å². The summed E-state index contributed by atoms with van der Waals surface area (Å²) in [6.45, 7) is -0.568. The van der Waals surface area contributed by atoms with Crippen LogP contribution in [0.25, 0.3) is 10.8 Å². The monoisotopic (exact) mass is 617 g/mol. The number of alkyl halides is 1. The average Bonchev–Trinajstić information content (AvgIpc) is 3.00. The second-order valence-electron chi connectivity index (χ2n) is 10.3. The Labute approximate surface area is 253 Å². The highest BCUT2D eigenvalue weighted by atomic mass is 35.5. The van der Waals surface area contributed by atoms with Crippen molar-refractivity contribution in [2.75, 3.05) is 19.0 Å². The van der Waals surface area contributed by atoms with Gasteiger partial charge in [-0.2, -0.15) is 0 Å². The lowest BCUT2D eigenvalue weighted by Gasteiger charge is -2.37. The highest BCUT2D eigenvalue weighted by Crippen LogP contribution is 2.21. The number of aliphatic carboxylic acids is 1. The number of aliphatic hydroxyl groups excluding tert-OH is 1. The molecule has 2 aromatic carbocycles. The molecule has 4 atom stereocenters. The quantitative estimate of drug-likeness (QED) is 0.156. The number of piperidine rings is 1. The zero-order valence-corrected chi connectivity index (χ0v) is 24.2. The van der Waals surface area contributed by atoms with E-state index in [0.717, 1.165) is 10.8 Å². The number of nitrogens with one attached hydrogen (secondary N) is 3. The fraction of sp³-hybridized carbons (Fsp3) is 0.448. The Hall–Kier alpha value is -4.23. The van der Waals surface area contributed by atoms with Crippen molar-refractivity contribution in [3.8, 4) is 0 Å². The van der Waals surface area contributed by atoms with Gasteiger partial charge in [-0.1, -0.05) is 42.5 Å². The lowest BCUT2D eigenvalue weighted by atomic mass is 9.97. The third kappa shape index (κ3) is 9.38. The van der Waals surface area contributed by atoms with Gasteiger partial charge >= 0.3 is 5.97 Å². The number of likely N-dealkylation sites (tertiary alicyclic amines) is 1. The Kier molecular flexibility index (Phi) is 12.3. The van der Waals surface area contributed by atoms with Crippen LogP contribution in [0.5, 0.6) is 0 Å². The molecule has 0 radical (unpaired) electrons. The van der Waals surface area contributed by atoms with E-state index < -0.39 is 78.6 Å². The molecule has 43 heavy (non-hydrogen) atoms. The summed E-state index contributed by atoms with van der Waals surface area (Å²) in [5.41, 5.74) is 5.98. The van der Waals surface area contributed by atoms with Gasteiger partial charge in [0.1, 0.15) is 30.0 Å². The number of hydrogen-bond donors (Lipinski definition) is 6. The molecule has 3 rings (SSSR count). The van der Waals surface area contributed by atoms with Crippen molar-refractivity contribution < 1.29 is 39.0 Å². The molecule has 1 aliphatic rings. The van der Waals surface area contributed by atoms with Gasteiger partial charge < -0.3 is 36.8 Å². The Balaban J connectivity index is 1.86. The number of rotatable bonds is 14. The number of nitrogens with zero attached hydrogens (tertiary/aromatic N) is 1. The molecule has 2 aromatic rings. The molecule has 5 amide bonds. The van der Waals surface area contributed by atoms with Crippen molar-refractivity contribution in [3.63, 3.8) is 0 Å². The molecule has 0 bridgehead atoms. The molecule has 1 fully saturated rings. The Bertz CT molecular complexity index is 1360. The number of nitrogens with two attached hydrogens (primary N) is 1. The molecule has 0 aliphatic carbocycles. The van der Waals surface area contributed by atoms with Crippen molar-refractivity contribution >= 4 is 57.9 Å². The summed E-state index contributed by atoms with van der Waals surface area (Å²) in [6, 6.07) is 8.30. The van der Waals surface area contributed by atoms with Gasteiger partial charge in [-0.15, -0.1) is 11.6 Å². The molecule has 0 aromatic heterocycles. The number of amides is 5. The van der Waals surface area contributed by atoms with E-state index in [1.165, 1.54) is 4.90 Å². The van der Waals surface area contributed by atoms with E-state index in [0.29, 0.717) is 18.4 Å². The fourth-order valence-electron chi connectivity index (χ4n) is 4.98. The minimum atomic E-state index is -1.38. The molecule has 14 heteroatoms. The number of primary amides is 1. The first kappa shape index (κ1) is 33.3. The van der Waals surface area contributed by atoms with Crippen LogP contribution in [-0.2, 0) is 35.2 Å². The number of carbonyl (C=O) groups is 6. The molecule has 0 saturated carbocycles. The standard InChI is InChI=1S/C29H36ClN5O8/c30-15-24(37)32-20(10-11-25(38)39)29(43)35-12-4-3-7-23(35)28(42)33-21(27(41)34-22(16-36)26(31)40)14-17-8-9-18-5-1-2-6-19(18)13-17/h1-2,5-6,8-9,13,20-23,36H,3-4,7,10-12,14-16H2,(H2,31,40)(H,32,37)(H,33,42)(H,34,41)(H,38,39). The minimum Gasteiger partial charge on any atom is -0.481 e. The maximum atomic E-state index is 13.7. The maximum absolute atomic E-state index is 13.7.